The quantitative estimate of drug-likeness (QED) is 0.779. The number of esters is 1. The molecule has 0 spiro atoms. The molecule has 0 radical (unpaired) electrons. The summed E-state index contributed by atoms with van der Waals surface area (Å²) >= 11 is 0. The number of rotatable bonds is 5. The van der Waals surface area contributed by atoms with Crippen molar-refractivity contribution in [2.24, 2.45) is 0 Å². The first kappa shape index (κ1) is 16.9. The number of benzene rings is 1. The molecule has 1 aromatic rings. The second-order valence-electron chi connectivity index (χ2n) is 6.11. The summed E-state index contributed by atoms with van der Waals surface area (Å²) in [7, 11) is -1.15. The maximum Gasteiger partial charge on any atom is 0.307 e. The molecule has 0 heterocycles. The first-order chi connectivity index (χ1) is 9.19. The molecule has 0 saturated heterocycles. The molecule has 1 rings (SSSR count). The van der Waals surface area contributed by atoms with Gasteiger partial charge in [0.25, 0.3) is 0 Å². The van der Waals surface area contributed by atoms with Crippen molar-refractivity contribution in [3.63, 3.8) is 0 Å². The van der Waals surface area contributed by atoms with E-state index < -0.39 is 16.4 Å². The van der Waals surface area contributed by atoms with Gasteiger partial charge >= 0.3 is 5.97 Å². The number of carbonyl (C=O) groups excluding carboxylic acids is 1. The summed E-state index contributed by atoms with van der Waals surface area (Å²) in [5, 5.41) is 0. The monoisotopic (exact) mass is 296 g/mol. The van der Waals surface area contributed by atoms with E-state index in [1.54, 1.807) is 0 Å². The van der Waals surface area contributed by atoms with Crippen molar-refractivity contribution < 1.29 is 13.7 Å². The fraction of sp³-hybridized carbons (Fsp3) is 0.562. The maximum absolute atomic E-state index is 12.1. The van der Waals surface area contributed by atoms with Gasteiger partial charge in [-0.15, -0.1) is 0 Å². The highest BCUT2D eigenvalue weighted by Crippen LogP contribution is 2.17. The van der Waals surface area contributed by atoms with E-state index in [0.717, 1.165) is 4.90 Å². The zero-order valence-electron chi connectivity index (χ0n) is 12.9. The minimum absolute atomic E-state index is 0.176. The molecule has 0 saturated carbocycles. The fourth-order valence-electron chi connectivity index (χ4n) is 1.69. The first-order valence-corrected chi connectivity index (χ1v) is 8.21. The van der Waals surface area contributed by atoms with Gasteiger partial charge in [0.1, 0.15) is 5.60 Å². The molecule has 1 aromatic carbocycles. The predicted molar refractivity (Wildman–Crippen MR) is 82.3 cm³/mol. The Bertz CT molecular complexity index is 469. The molecule has 0 bridgehead atoms. The van der Waals surface area contributed by atoms with Crippen molar-refractivity contribution in [3.8, 4) is 0 Å². The lowest BCUT2D eigenvalue weighted by Gasteiger charge is -2.19. The van der Waals surface area contributed by atoms with Crippen molar-refractivity contribution in [2.45, 2.75) is 57.5 Å². The van der Waals surface area contributed by atoms with E-state index in [-0.39, 0.29) is 12.4 Å². The van der Waals surface area contributed by atoms with Crippen LogP contribution in [0.4, 0.5) is 0 Å². The van der Waals surface area contributed by atoms with Crippen molar-refractivity contribution >= 4 is 16.8 Å². The summed E-state index contributed by atoms with van der Waals surface area (Å²) in [5.74, 6) is 0.458. The van der Waals surface area contributed by atoms with Crippen LogP contribution in [-0.4, -0.2) is 21.5 Å². The Kier molecular flexibility index (Phi) is 5.93. The number of hydrogen-bond acceptors (Lipinski definition) is 3. The largest absolute Gasteiger partial charge is 0.460 e. The summed E-state index contributed by atoms with van der Waals surface area (Å²) in [5.41, 5.74) is 0.732. The fourth-order valence-corrected chi connectivity index (χ4v) is 2.72. The van der Waals surface area contributed by atoms with Crippen LogP contribution in [0.15, 0.2) is 29.2 Å². The SMILES string of the molecule is CC(C)c1ccc(S(=O)CCC(=O)OC(C)(C)C)cc1. The highest BCUT2D eigenvalue weighted by molar-refractivity contribution is 7.85. The molecule has 20 heavy (non-hydrogen) atoms. The molecule has 0 aromatic heterocycles. The minimum atomic E-state index is -1.15. The molecule has 1 atom stereocenters. The van der Waals surface area contributed by atoms with Gasteiger partial charge in [0.2, 0.25) is 0 Å². The Hall–Kier alpha value is -1.16. The van der Waals surface area contributed by atoms with Gasteiger partial charge in [-0.05, 0) is 44.4 Å². The first-order valence-electron chi connectivity index (χ1n) is 6.89. The molecule has 0 aliphatic heterocycles. The zero-order chi connectivity index (χ0) is 15.3. The van der Waals surface area contributed by atoms with E-state index in [0.29, 0.717) is 11.7 Å². The van der Waals surface area contributed by atoms with E-state index in [9.17, 15) is 9.00 Å². The van der Waals surface area contributed by atoms with Crippen LogP contribution in [0.5, 0.6) is 0 Å². The zero-order valence-corrected chi connectivity index (χ0v) is 13.8. The standard InChI is InChI=1S/C16H24O3S/c1-12(2)13-6-8-14(9-7-13)20(18)11-10-15(17)19-16(3,4)5/h6-9,12H,10-11H2,1-5H3. The van der Waals surface area contributed by atoms with E-state index in [1.807, 2.05) is 45.0 Å². The Morgan fingerprint density at radius 1 is 1.20 bits per heavy atom. The van der Waals surface area contributed by atoms with Crippen LogP contribution in [0.3, 0.4) is 0 Å². The number of carbonyl (C=O) groups is 1. The molecule has 112 valence electrons. The molecule has 0 fully saturated rings. The second kappa shape index (κ2) is 7.02. The van der Waals surface area contributed by atoms with Crippen LogP contribution in [0, 0.1) is 0 Å². The summed E-state index contributed by atoms with van der Waals surface area (Å²) < 4.78 is 17.3. The smallest absolute Gasteiger partial charge is 0.307 e. The van der Waals surface area contributed by atoms with Gasteiger partial charge in [-0.2, -0.15) is 0 Å². The van der Waals surface area contributed by atoms with Crippen molar-refractivity contribution in [1.29, 1.82) is 0 Å². The topological polar surface area (TPSA) is 43.4 Å². The summed E-state index contributed by atoms with van der Waals surface area (Å²) in [4.78, 5) is 12.3. The van der Waals surface area contributed by atoms with Gasteiger partial charge in [0, 0.05) is 10.6 Å². The summed E-state index contributed by atoms with van der Waals surface area (Å²) in [6, 6.07) is 7.73. The minimum Gasteiger partial charge on any atom is -0.460 e. The van der Waals surface area contributed by atoms with Gasteiger partial charge in [-0.3, -0.25) is 9.00 Å². The average Bonchev–Trinajstić information content (AvgIpc) is 2.34. The molecule has 3 nitrogen and oxygen atoms in total. The van der Waals surface area contributed by atoms with Crippen LogP contribution in [0.25, 0.3) is 0 Å². The van der Waals surface area contributed by atoms with Crippen LogP contribution in [-0.2, 0) is 20.3 Å². The van der Waals surface area contributed by atoms with Crippen LogP contribution >= 0.6 is 0 Å². The third-order valence-corrected chi connectivity index (χ3v) is 4.09. The van der Waals surface area contributed by atoms with Gasteiger partial charge in [-0.1, -0.05) is 26.0 Å². The van der Waals surface area contributed by atoms with Gasteiger partial charge in [-0.25, -0.2) is 0 Å². The van der Waals surface area contributed by atoms with Crippen molar-refractivity contribution in [2.75, 3.05) is 5.75 Å². The van der Waals surface area contributed by atoms with Crippen molar-refractivity contribution in [1.82, 2.24) is 0 Å². The molecule has 0 amide bonds. The summed E-state index contributed by atoms with van der Waals surface area (Å²) in [6.07, 6.45) is 0.176. The molecule has 4 heteroatoms. The molecule has 0 aliphatic carbocycles. The van der Waals surface area contributed by atoms with E-state index in [2.05, 4.69) is 13.8 Å². The predicted octanol–water partition coefficient (Wildman–Crippen LogP) is 3.65. The van der Waals surface area contributed by atoms with Crippen molar-refractivity contribution in [3.05, 3.63) is 29.8 Å². The molecular weight excluding hydrogens is 272 g/mol. The number of hydrogen-bond donors (Lipinski definition) is 0. The van der Waals surface area contributed by atoms with Gasteiger partial charge in [0.05, 0.1) is 17.2 Å². The third kappa shape index (κ3) is 5.87. The molecule has 0 N–H and O–H groups in total. The normalized spacial score (nSPS) is 13.3. The third-order valence-electron chi connectivity index (χ3n) is 2.72. The molecule has 0 aliphatic rings. The highest BCUT2D eigenvalue weighted by Gasteiger charge is 2.17. The summed E-state index contributed by atoms with van der Waals surface area (Å²) in [6.45, 7) is 9.72. The van der Waals surface area contributed by atoms with E-state index >= 15 is 0 Å². The van der Waals surface area contributed by atoms with Crippen LogP contribution < -0.4 is 0 Å². The Morgan fingerprint density at radius 3 is 2.20 bits per heavy atom. The van der Waals surface area contributed by atoms with E-state index in [1.165, 1.54) is 5.56 Å². The average molecular weight is 296 g/mol. The van der Waals surface area contributed by atoms with Gasteiger partial charge in [0.15, 0.2) is 0 Å². The van der Waals surface area contributed by atoms with Crippen LogP contribution in [0.2, 0.25) is 0 Å². The van der Waals surface area contributed by atoms with Crippen LogP contribution in [0.1, 0.15) is 52.5 Å². The van der Waals surface area contributed by atoms with E-state index in [4.69, 9.17) is 4.74 Å². The number of ether oxygens (including phenoxy) is 1. The second-order valence-corrected chi connectivity index (χ2v) is 7.68. The Balaban J connectivity index is 2.53. The molecular formula is C16H24O3S. The Labute approximate surface area is 124 Å². The lowest BCUT2D eigenvalue weighted by atomic mass is 10.0. The maximum atomic E-state index is 12.1. The lowest BCUT2D eigenvalue weighted by molar-refractivity contribution is -0.154. The molecule has 1 unspecified atom stereocenters. The van der Waals surface area contributed by atoms with Gasteiger partial charge < -0.3 is 4.74 Å². The Morgan fingerprint density at radius 2 is 1.75 bits per heavy atom. The lowest BCUT2D eigenvalue weighted by Crippen LogP contribution is -2.24. The highest BCUT2D eigenvalue weighted by atomic mass is 32.2.